The number of alkyl halides is 3. The molecule has 0 saturated carbocycles. The van der Waals surface area contributed by atoms with E-state index in [0.29, 0.717) is 29.1 Å². The molecule has 0 aliphatic carbocycles. The van der Waals surface area contributed by atoms with Crippen molar-refractivity contribution in [1.82, 2.24) is 29.9 Å². The number of hydrogen-bond acceptors (Lipinski definition) is 6. The zero-order chi connectivity index (χ0) is 23.2. The molecule has 172 valence electrons. The maximum atomic E-state index is 13.8. The van der Waals surface area contributed by atoms with Crippen LogP contribution in [0.25, 0.3) is 5.69 Å². The first-order chi connectivity index (χ1) is 15.9. The fourth-order valence-corrected chi connectivity index (χ4v) is 5.06. The Hall–Kier alpha value is -3.50. The topological polar surface area (TPSA) is 86.0 Å². The van der Waals surface area contributed by atoms with Gasteiger partial charge in [-0.1, -0.05) is 6.07 Å². The van der Waals surface area contributed by atoms with Crippen molar-refractivity contribution in [2.24, 2.45) is 5.92 Å². The molecule has 1 aromatic carbocycles. The molecule has 0 spiro atoms. The number of methoxy groups -OCH3 is 1. The molecule has 2 bridgehead atoms. The van der Waals surface area contributed by atoms with Crippen LogP contribution in [0.5, 0.6) is 5.75 Å². The van der Waals surface area contributed by atoms with E-state index in [1.165, 1.54) is 30.5 Å². The van der Waals surface area contributed by atoms with Crippen molar-refractivity contribution in [3.63, 3.8) is 0 Å². The molecular formula is C22H21F3N6O2. The van der Waals surface area contributed by atoms with Crippen LogP contribution in [0.2, 0.25) is 0 Å². The van der Waals surface area contributed by atoms with Gasteiger partial charge in [-0.15, -0.1) is 0 Å². The summed E-state index contributed by atoms with van der Waals surface area (Å²) in [7, 11) is 1.51. The van der Waals surface area contributed by atoms with Crippen LogP contribution in [0.1, 0.15) is 41.0 Å². The second-order valence-corrected chi connectivity index (χ2v) is 8.27. The van der Waals surface area contributed by atoms with Crippen LogP contribution in [-0.4, -0.2) is 55.0 Å². The number of fused-ring (bicyclic) bond motifs is 2. The van der Waals surface area contributed by atoms with Crippen molar-refractivity contribution in [2.75, 3.05) is 7.11 Å². The predicted molar refractivity (Wildman–Crippen MR) is 110 cm³/mol. The zero-order valence-electron chi connectivity index (χ0n) is 17.7. The summed E-state index contributed by atoms with van der Waals surface area (Å²) in [5.74, 6) is 0.374. The summed E-state index contributed by atoms with van der Waals surface area (Å²) in [6, 6.07) is 5.29. The molecule has 33 heavy (non-hydrogen) atoms. The monoisotopic (exact) mass is 458 g/mol. The molecule has 2 saturated heterocycles. The van der Waals surface area contributed by atoms with E-state index in [0.717, 1.165) is 25.5 Å². The van der Waals surface area contributed by atoms with Gasteiger partial charge in [0.2, 0.25) is 0 Å². The largest absolute Gasteiger partial charge is 0.496 e. The summed E-state index contributed by atoms with van der Waals surface area (Å²) in [5.41, 5.74) is 0.405. The number of amides is 1. The maximum Gasteiger partial charge on any atom is 0.434 e. The smallest absolute Gasteiger partial charge is 0.434 e. The second-order valence-electron chi connectivity index (χ2n) is 8.27. The van der Waals surface area contributed by atoms with Crippen molar-refractivity contribution >= 4 is 5.91 Å². The summed E-state index contributed by atoms with van der Waals surface area (Å²) in [6.07, 6.45) is 3.46. The average Bonchev–Trinajstić information content (AvgIpc) is 3.54. The van der Waals surface area contributed by atoms with E-state index in [2.05, 4.69) is 20.2 Å². The molecule has 3 unspecified atom stereocenters. The van der Waals surface area contributed by atoms with Gasteiger partial charge in [-0.05, 0) is 43.7 Å². The summed E-state index contributed by atoms with van der Waals surface area (Å²) < 4.78 is 43.8. The molecule has 2 fully saturated rings. The fraction of sp³-hybridized carbons (Fsp3) is 0.409. The van der Waals surface area contributed by atoms with Crippen molar-refractivity contribution in [3.8, 4) is 11.4 Å². The van der Waals surface area contributed by atoms with E-state index < -0.39 is 11.9 Å². The number of rotatable bonds is 5. The molecule has 2 aliphatic rings. The number of halogens is 3. The van der Waals surface area contributed by atoms with Gasteiger partial charge in [-0.3, -0.25) is 9.78 Å². The lowest BCUT2D eigenvalue weighted by Crippen LogP contribution is -2.37. The quantitative estimate of drug-likeness (QED) is 0.583. The molecule has 2 aromatic heterocycles. The van der Waals surface area contributed by atoms with Crippen molar-refractivity contribution < 1.29 is 22.7 Å². The number of aromatic nitrogens is 5. The van der Waals surface area contributed by atoms with Gasteiger partial charge in [-0.2, -0.15) is 28.2 Å². The van der Waals surface area contributed by atoms with E-state index in [9.17, 15) is 18.0 Å². The number of hydrogen-bond donors (Lipinski definition) is 0. The molecule has 8 nitrogen and oxygen atoms in total. The van der Waals surface area contributed by atoms with E-state index in [1.54, 1.807) is 18.2 Å². The molecule has 1 amide bonds. The van der Waals surface area contributed by atoms with E-state index in [1.807, 2.05) is 4.90 Å². The molecule has 0 N–H and O–H groups in total. The Bertz CT molecular complexity index is 1150. The Balaban J connectivity index is 1.40. The van der Waals surface area contributed by atoms with Crippen LogP contribution in [0.3, 0.4) is 0 Å². The Kier molecular flexibility index (Phi) is 5.26. The Morgan fingerprint density at radius 3 is 2.61 bits per heavy atom. The molecule has 5 rings (SSSR count). The van der Waals surface area contributed by atoms with Crippen LogP contribution >= 0.6 is 0 Å². The number of carbonyl (C=O) groups is 1. The van der Waals surface area contributed by atoms with Gasteiger partial charge < -0.3 is 9.64 Å². The molecular weight excluding hydrogens is 437 g/mol. The minimum atomic E-state index is -4.52. The lowest BCUT2D eigenvalue weighted by Gasteiger charge is -2.26. The highest BCUT2D eigenvalue weighted by molar-refractivity contribution is 6.01. The summed E-state index contributed by atoms with van der Waals surface area (Å²) >= 11 is 0. The zero-order valence-corrected chi connectivity index (χ0v) is 17.7. The summed E-state index contributed by atoms with van der Waals surface area (Å²) in [4.78, 5) is 24.6. The first-order valence-electron chi connectivity index (χ1n) is 10.6. The fourth-order valence-electron chi connectivity index (χ4n) is 5.06. The molecule has 3 atom stereocenters. The van der Waals surface area contributed by atoms with Gasteiger partial charge in [0.1, 0.15) is 17.0 Å². The Morgan fingerprint density at radius 1 is 1.15 bits per heavy atom. The standard InChI is InChI=1S/C22H21F3N6O2/c1-33-18-4-2-3-17(31-28-7-8-29-31)20(18)21(32)30-15-5-6-16(30)13(10-15)9-14-11-27-19(12-26-14)22(23,24)25/h2-4,7-8,11-13,15-16H,5-6,9-10H2,1H3. The highest BCUT2D eigenvalue weighted by atomic mass is 19.4. The third-order valence-electron chi connectivity index (χ3n) is 6.44. The van der Waals surface area contributed by atoms with E-state index in [4.69, 9.17) is 4.74 Å². The van der Waals surface area contributed by atoms with Gasteiger partial charge in [0.25, 0.3) is 5.91 Å². The Morgan fingerprint density at radius 2 is 1.94 bits per heavy atom. The maximum absolute atomic E-state index is 13.8. The minimum absolute atomic E-state index is 0.0325. The van der Waals surface area contributed by atoms with Gasteiger partial charge in [-0.25, -0.2) is 4.98 Å². The van der Waals surface area contributed by atoms with E-state index >= 15 is 0 Å². The van der Waals surface area contributed by atoms with Crippen LogP contribution in [0.15, 0.2) is 43.0 Å². The highest BCUT2D eigenvalue weighted by Gasteiger charge is 2.49. The van der Waals surface area contributed by atoms with Gasteiger partial charge in [0, 0.05) is 18.3 Å². The van der Waals surface area contributed by atoms with Crippen molar-refractivity contribution in [2.45, 2.75) is 43.9 Å². The molecule has 2 aliphatic heterocycles. The highest BCUT2D eigenvalue weighted by Crippen LogP contribution is 2.45. The number of carbonyl (C=O) groups excluding carboxylic acids is 1. The second kappa shape index (κ2) is 8.13. The first kappa shape index (κ1) is 21.4. The Labute approximate surface area is 187 Å². The SMILES string of the molecule is COc1cccc(-n2nccn2)c1C(=O)N1C2CCC1C(Cc1cnc(C(F)(F)F)cn1)C2. The predicted octanol–water partition coefficient (Wildman–Crippen LogP) is 3.32. The van der Waals surface area contributed by atoms with E-state index in [-0.39, 0.29) is 23.9 Å². The number of benzene rings is 1. The lowest BCUT2D eigenvalue weighted by molar-refractivity contribution is -0.141. The first-order valence-corrected chi connectivity index (χ1v) is 10.6. The van der Waals surface area contributed by atoms with Crippen LogP contribution < -0.4 is 4.74 Å². The average molecular weight is 458 g/mol. The van der Waals surface area contributed by atoms with Gasteiger partial charge >= 0.3 is 6.18 Å². The summed E-state index contributed by atoms with van der Waals surface area (Å²) in [5, 5.41) is 8.33. The van der Waals surface area contributed by atoms with Crippen molar-refractivity contribution in [1.29, 1.82) is 0 Å². The van der Waals surface area contributed by atoms with Crippen LogP contribution in [0, 0.1) is 5.92 Å². The number of ether oxygens (including phenoxy) is 1. The van der Waals surface area contributed by atoms with Gasteiger partial charge in [0.05, 0.1) is 31.4 Å². The molecule has 11 heteroatoms. The third kappa shape index (κ3) is 3.81. The minimum Gasteiger partial charge on any atom is -0.496 e. The van der Waals surface area contributed by atoms with Crippen LogP contribution in [-0.2, 0) is 12.6 Å². The summed E-state index contributed by atoms with van der Waals surface area (Å²) in [6.45, 7) is 0. The number of nitrogens with zero attached hydrogens (tertiary/aromatic N) is 6. The van der Waals surface area contributed by atoms with Crippen LogP contribution in [0.4, 0.5) is 13.2 Å². The molecule has 0 radical (unpaired) electrons. The lowest BCUT2D eigenvalue weighted by atomic mass is 9.86. The normalized spacial score (nSPS) is 22.1. The molecule has 4 heterocycles. The van der Waals surface area contributed by atoms with Crippen molar-refractivity contribution in [3.05, 3.63) is 59.9 Å². The van der Waals surface area contributed by atoms with Gasteiger partial charge in [0.15, 0.2) is 5.69 Å². The third-order valence-corrected chi connectivity index (χ3v) is 6.44. The molecule has 3 aromatic rings.